The molecule has 0 aliphatic rings. The second kappa shape index (κ2) is 6.52. The first-order chi connectivity index (χ1) is 11.1. The van der Waals surface area contributed by atoms with Crippen LogP contribution in [0.4, 0.5) is 0 Å². The van der Waals surface area contributed by atoms with Gasteiger partial charge in [-0.1, -0.05) is 54.6 Å². The molecule has 4 heteroatoms. The van der Waals surface area contributed by atoms with Gasteiger partial charge in [0.15, 0.2) is 5.78 Å². The molecular weight excluding hydrogens is 311 g/mol. The Morgan fingerprint density at radius 2 is 1.33 bits per heavy atom. The van der Waals surface area contributed by atoms with E-state index in [1.807, 2.05) is 30.3 Å². The molecule has 0 heterocycles. The van der Waals surface area contributed by atoms with Crippen LogP contribution in [-0.4, -0.2) is 46.4 Å². The van der Waals surface area contributed by atoms with Crippen molar-refractivity contribution >= 4 is 73.6 Å². The Morgan fingerprint density at radius 1 is 0.750 bits per heavy atom. The molecule has 4 aromatic rings. The largest absolute Gasteiger partial charge is 0.481 e. The number of hydrogen-bond acceptors (Lipinski definition) is 2. The monoisotopic (exact) mass is 325 g/mol. The van der Waals surface area contributed by atoms with Gasteiger partial charge in [0.2, 0.25) is 0 Å². The van der Waals surface area contributed by atoms with Gasteiger partial charge >= 0.3 is 5.97 Å². The Kier molecular flexibility index (Phi) is 4.59. The molecule has 0 unspecified atom stereocenters. The molecule has 0 saturated heterocycles. The van der Waals surface area contributed by atoms with E-state index in [0.717, 1.165) is 32.3 Å². The van der Waals surface area contributed by atoms with Gasteiger partial charge < -0.3 is 5.11 Å². The van der Waals surface area contributed by atoms with Gasteiger partial charge in [0.25, 0.3) is 0 Å². The van der Waals surface area contributed by atoms with Crippen molar-refractivity contribution in [3.8, 4) is 0 Å². The first kappa shape index (κ1) is 16.9. The number of benzene rings is 4. The number of carbonyl (C=O) groups excluding carboxylic acids is 1. The number of carbonyl (C=O) groups is 2. The van der Waals surface area contributed by atoms with Crippen molar-refractivity contribution in [2.75, 3.05) is 0 Å². The van der Waals surface area contributed by atoms with Crippen molar-refractivity contribution < 1.29 is 14.7 Å². The molecule has 0 aromatic heterocycles. The molecule has 4 rings (SSSR count). The number of carboxylic acids is 1. The number of rotatable bonds is 4. The summed E-state index contributed by atoms with van der Waals surface area (Å²) in [4.78, 5) is 23.2. The van der Waals surface area contributed by atoms with Crippen molar-refractivity contribution in [2.24, 2.45) is 0 Å². The Balaban J connectivity index is 0.00000169. The minimum atomic E-state index is -0.948. The zero-order chi connectivity index (χ0) is 16.0. The van der Waals surface area contributed by atoms with E-state index < -0.39 is 5.97 Å². The van der Waals surface area contributed by atoms with Crippen LogP contribution in [0.15, 0.2) is 54.6 Å². The molecule has 1 N–H and O–H groups in total. The molecule has 113 valence electrons. The maximum absolute atomic E-state index is 12.4. The zero-order valence-electron chi connectivity index (χ0n) is 13.4. The first-order valence-corrected chi connectivity index (χ1v) is 7.57. The molecule has 3 nitrogen and oxygen atoms in total. The van der Waals surface area contributed by atoms with Gasteiger partial charge in [-0.3, -0.25) is 9.59 Å². The summed E-state index contributed by atoms with van der Waals surface area (Å²) in [6.45, 7) is 0. The van der Waals surface area contributed by atoms with Crippen LogP contribution in [0, 0.1) is 0 Å². The minimum absolute atomic E-state index is 0. The normalized spacial score (nSPS) is 11.0. The van der Waals surface area contributed by atoms with Crippen LogP contribution >= 0.6 is 0 Å². The molecule has 0 spiro atoms. The fourth-order valence-electron chi connectivity index (χ4n) is 3.33. The van der Waals surface area contributed by atoms with Gasteiger partial charge in [0, 0.05) is 41.5 Å². The molecule has 4 aromatic carbocycles. The molecular formula is C20H14NaO3. The van der Waals surface area contributed by atoms with Crippen LogP contribution in [0.3, 0.4) is 0 Å². The van der Waals surface area contributed by atoms with Gasteiger partial charge in [-0.2, -0.15) is 0 Å². The van der Waals surface area contributed by atoms with Gasteiger partial charge in [0.05, 0.1) is 6.42 Å². The van der Waals surface area contributed by atoms with E-state index in [2.05, 4.69) is 24.3 Å². The third-order valence-corrected chi connectivity index (χ3v) is 4.40. The van der Waals surface area contributed by atoms with Gasteiger partial charge in [-0.05, 0) is 32.3 Å². The third-order valence-electron chi connectivity index (χ3n) is 4.40. The molecule has 0 atom stereocenters. The summed E-state index contributed by atoms with van der Waals surface area (Å²) in [6, 6.07) is 18.1. The van der Waals surface area contributed by atoms with E-state index in [9.17, 15) is 9.59 Å². The van der Waals surface area contributed by atoms with E-state index >= 15 is 0 Å². The summed E-state index contributed by atoms with van der Waals surface area (Å²) in [5.41, 5.74) is 0.608. The zero-order valence-corrected chi connectivity index (χ0v) is 15.4. The second-order valence-corrected chi connectivity index (χ2v) is 5.79. The predicted molar refractivity (Wildman–Crippen MR) is 97.1 cm³/mol. The van der Waals surface area contributed by atoms with Crippen LogP contribution in [0.5, 0.6) is 0 Å². The summed E-state index contributed by atoms with van der Waals surface area (Å²) >= 11 is 0. The molecule has 0 saturated carbocycles. The third kappa shape index (κ3) is 2.69. The predicted octanol–water partition coefficient (Wildman–Crippen LogP) is 4.25. The summed E-state index contributed by atoms with van der Waals surface area (Å²) in [5, 5.41) is 15.3. The molecule has 0 aliphatic heterocycles. The maximum Gasteiger partial charge on any atom is 0.303 e. The Hall–Kier alpha value is -1.94. The topological polar surface area (TPSA) is 54.4 Å². The van der Waals surface area contributed by atoms with Gasteiger partial charge in [-0.25, -0.2) is 0 Å². The number of ketones is 1. The smallest absolute Gasteiger partial charge is 0.303 e. The van der Waals surface area contributed by atoms with E-state index in [4.69, 9.17) is 5.11 Å². The van der Waals surface area contributed by atoms with Crippen molar-refractivity contribution in [1.82, 2.24) is 0 Å². The second-order valence-electron chi connectivity index (χ2n) is 5.79. The van der Waals surface area contributed by atoms with Crippen LogP contribution in [0.2, 0.25) is 0 Å². The average molecular weight is 325 g/mol. The minimum Gasteiger partial charge on any atom is -0.481 e. The molecule has 24 heavy (non-hydrogen) atoms. The molecule has 1 radical (unpaired) electrons. The summed E-state index contributed by atoms with van der Waals surface area (Å²) in [6.07, 6.45) is -0.111. The molecule has 0 fully saturated rings. The number of Topliss-reactive ketones (excluding diaryl/α,β-unsaturated/α-hetero) is 1. The van der Waals surface area contributed by atoms with Gasteiger partial charge in [0.1, 0.15) is 0 Å². The van der Waals surface area contributed by atoms with E-state index in [-0.39, 0.29) is 48.2 Å². The Morgan fingerprint density at radius 3 is 2.00 bits per heavy atom. The van der Waals surface area contributed by atoms with Crippen LogP contribution in [0.1, 0.15) is 23.2 Å². The number of carboxylic acid groups (broad SMARTS) is 1. The first-order valence-electron chi connectivity index (χ1n) is 7.57. The van der Waals surface area contributed by atoms with E-state index in [1.165, 1.54) is 0 Å². The fourth-order valence-corrected chi connectivity index (χ4v) is 3.33. The summed E-state index contributed by atoms with van der Waals surface area (Å²) in [7, 11) is 0. The van der Waals surface area contributed by atoms with Crippen molar-refractivity contribution in [3.63, 3.8) is 0 Å². The number of aliphatic carboxylic acids is 1. The Labute approximate surface area is 160 Å². The van der Waals surface area contributed by atoms with Crippen molar-refractivity contribution in [2.45, 2.75) is 12.8 Å². The van der Waals surface area contributed by atoms with Gasteiger partial charge in [-0.15, -0.1) is 0 Å². The molecule has 0 amide bonds. The van der Waals surface area contributed by atoms with Crippen LogP contribution in [0.25, 0.3) is 32.3 Å². The van der Waals surface area contributed by atoms with Crippen molar-refractivity contribution in [3.05, 3.63) is 60.2 Å². The quantitative estimate of drug-likeness (QED) is 0.347. The van der Waals surface area contributed by atoms with Crippen molar-refractivity contribution in [1.29, 1.82) is 0 Å². The summed E-state index contributed by atoms with van der Waals surface area (Å²) in [5.74, 6) is -1.07. The maximum atomic E-state index is 12.4. The molecule has 0 aliphatic carbocycles. The average Bonchev–Trinajstić information content (AvgIpc) is 2.57. The van der Waals surface area contributed by atoms with Crippen LogP contribution < -0.4 is 0 Å². The standard InChI is InChI=1S/C20H14O3.Na/c21-17(10-11-18(22)23)15-8-6-14-5-4-12-2-1-3-13-7-9-16(15)20(14)19(12)13;/h1-9H,10-11H2,(H,22,23);. The fraction of sp³-hybridized carbons (Fsp3) is 0.100. The van der Waals surface area contributed by atoms with Crippen LogP contribution in [-0.2, 0) is 4.79 Å². The summed E-state index contributed by atoms with van der Waals surface area (Å²) < 4.78 is 0. The number of hydrogen-bond donors (Lipinski definition) is 1. The Bertz CT molecular complexity index is 1050. The van der Waals surface area contributed by atoms with E-state index in [1.54, 1.807) is 0 Å². The van der Waals surface area contributed by atoms with E-state index in [0.29, 0.717) is 5.56 Å². The SMILES string of the molecule is O=C(O)CCC(=O)c1ccc2ccc3cccc4ccc1c2c34.[Na]. The molecule has 0 bridgehead atoms.